The van der Waals surface area contributed by atoms with Crippen LogP contribution in [0.25, 0.3) is 0 Å². The average Bonchev–Trinajstić information content (AvgIpc) is 2.18. The number of rotatable bonds is 4. The number of hydrogen-bond donors (Lipinski definition) is 2. The number of aliphatic hydroxyl groups is 1. The Balaban J connectivity index is 0.00000196. The molecule has 0 aliphatic heterocycles. The van der Waals surface area contributed by atoms with E-state index < -0.39 is 11.6 Å². The first-order valence-corrected chi connectivity index (χ1v) is 4.46. The summed E-state index contributed by atoms with van der Waals surface area (Å²) in [6.07, 6.45) is 1.11. The summed E-state index contributed by atoms with van der Waals surface area (Å²) in [7, 11) is 0. The first-order valence-electron chi connectivity index (χ1n) is 4.46. The Hall–Kier alpha value is -0.710. The summed E-state index contributed by atoms with van der Waals surface area (Å²) < 4.78 is 25.3. The minimum absolute atomic E-state index is 0. The van der Waals surface area contributed by atoms with Crippen LogP contribution in [0.5, 0.6) is 0 Å². The molecule has 0 bridgehead atoms. The highest BCUT2D eigenvalue weighted by molar-refractivity contribution is 5.85. The summed E-state index contributed by atoms with van der Waals surface area (Å²) in [5, 5.41) is 8.57. The van der Waals surface area contributed by atoms with Gasteiger partial charge in [0.1, 0.15) is 0 Å². The lowest BCUT2D eigenvalue weighted by atomic mass is 10.0. The SMILES string of the molecule is Cl.N[C@@H](CCCO)c1ccc(F)c(F)c1. The second-order valence-electron chi connectivity index (χ2n) is 3.15. The van der Waals surface area contributed by atoms with Crippen LogP contribution in [0, 0.1) is 11.6 Å². The molecular weight excluding hydrogens is 224 g/mol. The van der Waals surface area contributed by atoms with E-state index in [1.807, 2.05) is 0 Å². The molecule has 1 aromatic carbocycles. The molecule has 0 aliphatic carbocycles. The number of halogens is 3. The maximum Gasteiger partial charge on any atom is 0.159 e. The Morgan fingerprint density at radius 2 is 1.93 bits per heavy atom. The molecule has 0 radical (unpaired) electrons. The van der Waals surface area contributed by atoms with E-state index in [1.54, 1.807) is 0 Å². The summed E-state index contributed by atoms with van der Waals surface area (Å²) in [6, 6.07) is 3.26. The Morgan fingerprint density at radius 1 is 1.27 bits per heavy atom. The van der Waals surface area contributed by atoms with E-state index in [1.165, 1.54) is 6.07 Å². The van der Waals surface area contributed by atoms with Gasteiger partial charge < -0.3 is 10.8 Å². The molecule has 0 aromatic heterocycles. The molecule has 0 aliphatic rings. The maximum absolute atomic E-state index is 12.8. The lowest BCUT2D eigenvalue weighted by molar-refractivity contribution is 0.280. The van der Waals surface area contributed by atoms with E-state index in [0.29, 0.717) is 18.4 Å². The van der Waals surface area contributed by atoms with Crippen molar-refractivity contribution in [2.75, 3.05) is 6.61 Å². The Bertz CT molecular complexity index is 309. The van der Waals surface area contributed by atoms with Gasteiger partial charge in [-0.15, -0.1) is 12.4 Å². The normalized spacial score (nSPS) is 12.0. The molecule has 0 saturated carbocycles. The molecule has 0 fully saturated rings. The summed E-state index contributed by atoms with van der Waals surface area (Å²) >= 11 is 0. The second-order valence-corrected chi connectivity index (χ2v) is 3.15. The molecule has 5 heteroatoms. The second kappa shape index (κ2) is 6.71. The molecule has 3 N–H and O–H groups in total. The first kappa shape index (κ1) is 14.3. The van der Waals surface area contributed by atoms with Crippen LogP contribution in [0.15, 0.2) is 18.2 Å². The van der Waals surface area contributed by atoms with Gasteiger partial charge in [0, 0.05) is 12.6 Å². The summed E-state index contributed by atoms with van der Waals surface area (Å²) in [5.41, 5.74) is 6.25. The van der Waals surface area contributed by atoms with Crippen LogP contribution in [0.4, 0.5) is 8.78 Å². The number of nitrogens with two attached hydrogens (primary N) is 1. The van der Waals surface area contributed by atoms with Gasteiger partial charge in [-0.3, -0.25) is 0 Å². The van der Waals surface area contributed by atoms with Gasteiger partial charge >= 0.3 is 0 Å². The zero-order chi connectivity index (χ0) is 10.6. The average molecular weight is 238 g/mol. The van der Waals surface area contributed by atoms with Gasteiger partial charge in [0.2, 0.25) is 0 Å². The van der Waals surface area contributed by atoms with Gasteiger partial charge in [0.05, 0.1) is 0 Å². The molecule has 0 saturated heterocycles. The van der Waals surface area contributed by atoms with Crippen molar-refractivity contribution in [3.05, 3.63) is 35.4 Å². The van der Waals surface area contributed by atoms with Gasteiger partial charge in [-0.2, -0.15) is 0 Å². The van der Waals surface area contributed by atoms with Crippen LogP contribution in [0.1, 0.15) is 24.4 Å². The maximum atomic E-state index is 12.8. The van der Waals surface area contributed by atoms with Gasteiger partial charge in [0.25, 0.3) is 0 Å². The third kappa shape index (κ3) is 4.11. The summed E-state index contributed by atoms with van der Waals surface area (Å²) in [6.45, 7) is 0.0530. The van der Waals surface area contributed by atoms with Crippen LogP contribution in [0.3, 0.4) is 0 Å². The summed E-state index contributed by atoms with van der Waals surface area (Å²) in [4.78, 5) is 0. The number of benzene rings is 1. The monoisotopic (exact) mass is 237 g/mol. The minimum Gasteiger partial charge on any atom is -0.396 e. The van der Waals surface area contributed by atoms with Crippen LogP contribution in [-0.4, -0.2) is 11.7 Å². The third-order valence-electron chi connectivity index (χ3n) is 2.05. The van der Waals surface area contributed by atoms with Crippen molar-refractivity contribution in [3.63, 3.8) is 0 Å². The van der Waals surface area contributed by atoms with Crippen molar-refractivity contribution >= 4 is 12.4 Å². The molecule has 15 heavy (non-hydrogen) atoms. The largest absolute Gasteiger partial charge is 0.396 e. The van der Waals surface area contributed by atoms with Crippen LogP contribution in [-0.2, 0) is 0 Å². The van der Waals surface area contributed by atoms with E-state index in [2.05, 4.69) is 0 Å². The van der Waals surface area contributed by atoms with Crippen molar-refractivity contribution in [2.45, 2.75) is 18.9 Å². The lowest BCUT2D eigenvalue weighted by Gasteiger charge is -2.11. The molecule has 1 aromatic rings. The minimum atomic E-state index is -0.887. The molecule has 1 atom stereocenters. The van der Waals surface area contributed by atoms with E-state index in [0.717, 1.165) is 12.1 Å². The fourth-order valence-electron chi connectivity index (χ4n) is 1.22. The molecule has 0 heterocycles. The van der Waals surface area contributed by atoms with Gasteiger partial charge in [-0.1, -0.05) is 6.07 Å². The Kier molecular flexibility index (Phi) is 6.40. The van der Waals surface area contributed by atoms with Gasteiger partial charge in [0.15, 0.2) is 11.6 Å². The predicted octanol–water partition coefficient (Wildman–Crippen LogP) is 2.16. The first-order chi connectivity index (χ1) is 6.65. The number of aliphatic hydroxyl groups excluding tert-OH is 1. The highest BCUT2D eigenvalue weighted by atomic mass is 35.5. The van der Waals surface area contributed by atoms with Crippen LogP contribution < -0.4 is 5.73 Å². The van der Waals surface area contributed by atoms with Crippen molar-refractivity contribution in [3.8, 4) is 0 Å². The highest BCUT2D eigenvalue weighted by Gasteiger charge is 2.08. The zero-order valence-electron chi connectivity index (χ0n) is 8.12. The van der Waals surface area contributed by atoms with E-state index >= 15 is 0 Å². The number of hydrogen-bond acceptors (Lipinski definition) is 2. The fraction of sp³-hybridized carbons (Fsp3) is 0.400. The molecule has 0 amide bonds. The molecule has 86 valence electrons. The smallest absolute Gasteiger partial charge is 0.159 e. The molecule has 0 unspecified atom stereocenters. The molecule has 2 nitrogen and oxygen atoms in total. The predicted molar refractivity (Wildman–Crippen MR) is 56.9 cm³/mol. The van der Waals surface area contributed by atoms with E-state index in [-0.39, 0.29) is 25.1 Å². The van der Waals surface area contributed by atoms with Crippen molar-refractivity contribution in [1.29, 1.82) is 0 Å². The lowest BCUT2D eigenvalue weighted by Crippen LogP contribution is -2.11. The molecular formula is C10H14ClF2NO. The Morgan fingerprint density at radius 3 is 2.47 bits per heavy atom. The fourth-order valence-corrected chi connectivity index (χ4v) is 1.22. The van der Waals surface area contributed by atoms with Crippen molar-refractivity contribution in [2.24, 2.45) is 5.73 Å². The topological polar surface area (TPSA) is 46.2 Å². The van der Waals surface area contributed by atoms with Gasteiger partial charge in [-0.05, 0) is 30.5 Å². The zero-order valence-corrected chi connectivity index (χ0v) is 8.94. The van der Waals surface area contributed by atoms with Gasteiger partial charge in [-0.25, -0.2) is 8.78 Å². The summed E-state index contributed by atoms with van der Waals surface area (Å²) in [5.74, 6) is -1.76. The quantitative estimate of drug-likeness (QED) is 0.843. The third-order valence-corrected chi connectivity index (χ3v) is 2.05. The highest BCUT2D eigenvalue weighted by Crippen LogP contribution is 2.17. The van der Waals surface area contributed by atoms with Crippen LogP contribution >= 0.6 is 12.4 Å². The van der Waals surface area contributed by atoms with Crippen molar-refractivity contribution in [1.82, 2.24) is 0 Å². The molecule has 1 rings (SSSR count). The van der Waals surface area contributed by atoms with E-state index in [4.69, 9.17) is 10.8 Å². The Labute approximate surface area is 93.5 Å². The molecule has 0 spiro atoms. The van der Waals surface area contributed by atoms with E-state index in [9.17, 15) is 8.78 Å². The standard InChI is InChI=1S/C10H13F2NO.ClH/c11-8-4-3-7(6-9(8)12)10(13)2-1-5-14;/h3-4,6,10,14H,1-2,5,13H2;1H/t10-;/m0./s1. The van der Waals surface area contributed by atoms with Crippen molar-refractivity contribution < 1.29 is 13.9 Å². The van der Waals surface area contributed by atoms with Crippen LogP contribution in [0.2, 0.25) is 0 Å².